The highest BCUT2D eigenvalue weighted by Crippen LogP contribution is 2.64. The van der Waals surface area contributed by atoms with Crippen LogP contribution in [0.1, 0.15) is 25.3 Å². The van der Waals surface area contributed by atoms with E-state index in [1.165, 1.54) is 5.56 Å². The predicted molar refractivity (Wildman–Crippen MR) is 92.9 cm³/mol. The van der Waals surface area contributed by atoms with Crippen LogP contribution in [0.2, 0.25) is 5.02 Å². The summed E-state index contributed by atoms with van der Waals surface area (Å²) in [5.41, 5.74) is 2.71. The smallest absolute Gasteiger partial charge is 0.142 e. The van der Waals surface area contributed by atoms with Gasteiger partial charge in [-0.1, -0.05) is 55.8 Å². The van der Waals surface area contributed by atoms with E-state index in [2.05, 4.69) is 49.5 Å². The molecule has 3 heteroatoms. The lowest BCUT2D eigenvalue weighted by Gasteiger charge is -2.12. The lowest BCUT2D eigenvalue weighted by Crippen LogP contribution is -2.08. The summed E-state index contributed by atoms with van der Waals surface area (Å²) in [6.07, 6.45) is 0. The molecule has 0 saturated heterocycles. The summed E-state index contributed by atoms with van der Waals surface area (Å²) in [6.45, 7) is 5.60. The first-order valence-corrected chi connectivity index (χ1v) is 8.04. The zero-order valence-electron chi connectivity index (χ0n) is 13.3. The summed E-state index contributed by atoms with van der Waals surface area (Å²) in [7, 11) is 1.68. The fourth-order valence-corrected chi connectivity index (χ4v) is 3.66. The van der Waals surface area contributed by atoms with Gasteiger partial charge < -0.3 is 10.1 Å². The van der Waals surface area contributed by atoms with Crippen LogP contribution in [0.5, 0.6) is 5.75 Å². The van der Waals surface area contributed by atoms with Crippen molar-refractivity contribution in [2.24, 2.45) is 11.3 Å². The van der Waals surface area contributed by atoms with Crippen LogP contribution in [0.4, 0.5) is 5.69 Å². The van der Waals surface area contributed by atoms with Crippen molar-refractivity contribution in [3.63, 3.8) is 0 Å². The van der Waals surface area contributed by atoms with Gasteiger partial charge in [0.05, 0.1) is 12.8 Å². The molecule has 0 spiro atoms. The summed E-state index contributed by atoms with van der Waals surface area (Å²) in [5, 5.41) is 4.23. The molecule has 0 amide bonds. The maximum Gasteiger partial charge on any atom is 0.142 e. The molecule has 1 N–H and O–H groups in total. The van der Waals surface area contributed by atoms with E-state index in [-0.39, 0.29) is 0 Å². The SMILES string of the molecule is COc1ccc(Cl)cc1NC[C@@H]1[C@@H](c2ccccc2)C1(C)C. The maximum absolute atomic E-state index is 6.09. The molecule has 22 heavy (non-hydrogen) atoms. The van der Waals surface area contributed by atoms with Crippen molar-refractivity contribution in [2.75, 3.05) is 19.0 Å². The number of hydrogen-bond acceptors (Lipinski definition) is 2. The molecule has 2 atom stereocenters. The number of nitrogens with one attached hydrogen (secondary N) is 1. The van der Waals surface area contributed by atoms with Gasteiger partial charge in [0, 0.05) is 11.6 Å². The summed E-state index contributed by atoms with van der Waals surface area (Å²) in [5.74, 6) is 2.05. The Morgan fingerprint density at radius 2 is 1.86 bits per heavy atom. The minimum atomic E-state index is 0.320. The van der Waals surface area contributed by atoms with Crippen molar-refractivity contribution in [1.82, 2.24) is 0 Å². The highest BCUT2D eigenvalue weighted by atomic mass is 35.5. The van der Waals surface area contributed by atoms with Crippen molar-refractivity contribution >= 4 is 17.3 Å². The van der Waals surface area contributed by atoms with Crippen molar-refractivity contribution in [3.05, 3.63) is 59.1 Å². The largest absolute Gasteiger partial charge is 0.495 e. The molecule has 2 aromatic rings. The molecule has 2 aromatic carbocycles. The van der Waals surface area contributed by atoms with Gasteiger partial charge in [0.2, 0.25) is 0 Å². The van der Waals surface area contributed by atoms with Gasteiger partial charge in [-0.2, -0.15) is 0 Å². The van der Waals surface area contributed by atoms with Crippen molar-refractivity contribution in [3.8, 4) is 5.75 Å². The molecule has 0 heterocycles. The van der Waals surface area contributed by atoms with Crippen LogP contribution in [0, 0.1) is 11.3 Å². The van der Waals surface area contributed by atoms with Crippen molar-refractivity contribution < 1.29 is 4.74 Å². The normalized spacial score (nSPS) is 22.2. The fraction of sp³-hybridized carbons (Fsp3) is 0.368. The second-order valence-electron chi connectivity index (χ2n) is 6.54. The van der Waals surface area contributed by atoms with Gasteiger partial charge in [-0.3, -0.25) is 0 Å². The Labute approximate surface area is 137 Å². The number of rotatable bonds is 5. The van der Waals surface area contributed by atoms with Gasteiger partial charge in [-0.15, -0.1) is 0 Å². The summed E-state index contributed by atoms with van der Waals surface area (Å²) in [4.78, 5) is 0. The third-order valence-electron chi connectivity index (χ3n) is 4.88. The van der Waals surface area contributed by atoms with Gasteiger partial charge in [-0.05, 0) is 41.0 Å². The Kier molecular flexibility index (Phi) is 4.05. The molecular weight excluding hydrogens is 294 g/mol. The standard InChI is InChI=1S/C19H22ClNO/c1-19(2)15(18(19)13-7-5-4-6-8-13)12-21-16-11-14(20)9-10-17(16)22-3/h4-11,15,18,21H,12H2,1-3H3/t15-,18-/m1/s1. The first-order chi connectivity index (χ1) is 10.5. The molecule has 0 bridgehead atoms. The minimum Gasteiger partial charge on any atom is -0.495 e. The first-order valence-electron chi connectivity index (χ1n) is 7.66. The Bertz CT molecular complexity index is 654. The van der Waals surface area contributed by atoms with Crippen molar-refractivity contribution in [1.29, 1.82) is 0 Å². The molecule has 0 unspecified atom stereocenters. The van der Waals surface area contributed by atoms with E-state index >= 15 is 0 Å². The number of ether oxygens (including phenoxy) is 1. The van der Waals surface area contributed by atoms with E-state index in [0.717, 1.165) is 23.0 Å². The minimum absolute atomic E-state index is 0.320. The molecule has 1 fully saturated rings. The second-order valence-corrected chi connectivity index (χ2v) is 6.98. The number of benzene rings is 2. The van der Waals surface area contributed by atoms with Crippen LogP contribution < -0.4 is 10.1 Å². The Morgan fingerprint density at radius 1 is 1.14 bits per heavy atom. The van der Waals surface area contributed by atoms with E-state index in [4.69, 9.17) is 16.3 Å². The molecule has 116 valence electrons. The van der Waals surface area contributed by atoms with Crippen LogP contribution >= 0.6 is 11.6 Å². The van der Waals surface area contributed by atoms with E-state index < -0.39 is 0 Å². The maximum atomic E-state index is 6.09. The Morgan fingerprint density at radius 3 is 2.55 bits per heavy atom. The van der Waals surface area contributed by atoms with Gasteiger partial charge in [0.25, 0.3) is 0 Å². The third kappa shape index (κ3) is 2.80. The molecule has 1 aliphatic rings. The Balaban J connectivity index is 1.71. The number of methoxy groups -OCH3 is 1. The lowest BCUT2D eigenvalue weighted by molar-refractivity contribution is 0.416. The van der Waals surface area contributed by atoms with E-state index in [9.17, 15) is 0 Å². The van der Waals surface area contributed by atoms with Gasteiger partial charge in [0.15, 0.2) is 0 Å². The van der Waals surface area contributed by atoms with Crippen LogP contribution in [0.15, 0.2) is 48.5 Å². The molecular formula is C19H22ClNO. The molecule has 0 aromatic heterocycles. The number of hydrogen-bond donors (Lipinski definition) is 1. The predicted octanol–water partition coefficient (Wildman–Crippen LogP) is 5.20. The van der Waals surface area contributed by atoms with E-state index in [1.54, 1.807) is 7.11 Å². The third-order valence-corrected chi connectivity index (χ3v) is 5.12. The highest BCUT2D eigenvalue weighted by Gasteiger charge is 2.57. The fourth-order valence-electron chi connectivity index (χ4n) is 3.49. The van der Waals surface area contributed by atoms with Crippen molar-refractivity contribution in [2.45, 2.75) is 19.8 Å². The summed E-state index contributed by atoms with van der Waals surface area (Å²) in [6, 6.07) is 16.4. The lowest BCUT2D eigenvalue weighted by atomic mass is 10.0. The van der Waals surface area contributed by atoms with Crippen LogP contribution in [0.3, 0.4) is 0 Å². The van der Waals surface area contributed by atoms with Gasteiger partial charge >= 0.3 is 0 Å². The molecule has 3 rings (SSSR count). The number of anilines is 1. The second kappa shape index (κ2) is 5.85. The first kappa shape index (κ1) is 15.2. The molecule has 1 aliphatic carbocycles. The van der Waals surface area contributed by atoms with E-state index in [1.807, 2.05) is 18.2 Å². The van der Waals surface area contributed by atoms with Crippen LogP contribution in [-0.2, 0) is 0 Å². The summed E-state index contributed by atoms with van der Waals surface area (Å²) < 4.78 is 5.40. The zero-order valence-corrected chi connectivity index (χ0v) is 14.0. The molecule has 2 nitrogen and oxygen atoms in total. The number of halogens is 1. The molecule has 0 radical (unpaired) electrons. The zero-order chi connectivity index (χ0) is 15.7. The van der Waals surface area contributed by atoms with E-state index in [0.29, 0.717) is 17.3 Å². The summed E-state index contributed by atoms with van der Waals surface area (Å²) >= 11 is 6.09. The average Bonchev–Trinajstić information content (AvgIpc) is 3.07. The monoisotopic (exact) mass is 315 g/mol. The van der Waals surface area contributed by atoms with Gasteiger partial charge in [0.1, 0.15) is 5.75 Å². The average molecular weight is 316 g/mol. The molecule has 1 saturated carbocycles. The van der Waals surface area contributed by atoms with Crippen LogP contribution in [-0.4, -0.2) is 13.7 Å². The van der Waals surface area contributed by atoms with Crippen LogP contribution in [0.25, 0.3) is 0 Å². The topological polar surface area (TPSA) is 21.3 Å². The van der Waals surface area contributed by atoms with Gasteiger partial charge in [-0.25, -0.2) is 0 Å². The highest BCUT2D eigenvalue weighted by molar-refractivity contribution is 6.30. The Hall–Kier alpha value is -1.67. The molecule has 0 aliphatic heterocycles. The quantitative estimate of drug-likeness (QED) is 0.818.